The molecule has 9 nitrogen and oxygen atoms in total. The molecule has 0 spiro atoms. The number of nitrogens with zero attached hydrogens (tertiary/aromatic N) is 3. The van der Waals surface area contributed by atoms with Crippen molar-refractivity contribution in [2.24, 2.45) is 0 Å². The maximum absolute atomic E-state index is 12.8. The molecule has 5 rings (SSSR count). The second-order valence-corrected chi connectivity index (χ2v) is 8.54. The van der Waals surface area contributed by atoms with Gasteiger partial charge in [-0.1, -0.05) is 11.8 Å². The van der Waals surface area contributed by atoms with E-state index in [-0.39, 0.29) is 18.5 Å². The van der Waals surface area contributed by atoms with Crippen LogP contribution in [0.3, 0.4) is 0 Å². The van der Waals surface area contributed by atoms with Crippen molar-refractivity contribution in [3.63, 3.8) is 0 Å². The van der Waals surface area contributed by atoms with Crippen LogP contribution in [0.25, 0.3) is 16.6 Å². The van der Waals surface area contributed by atoms with Gasteiger partial charge in [0.05, 0.1) is 30.2 Å². The molecule has 10 heteroatoms. The Bertz CT molecular complexity index is 1390. The molecule has 0 aliphatic carbocycles. The van der Waals surface area contributed by atoms with Gasteiger partial charge < -0.3 is 24.3 Å². The second-order valence-electron chi connectivity index (χ2n) is 7.59. The van der Waals surface area contributed by atoms with E-state index in [1.807, 2.05) is 49.4 Å². The molecular formula is C24H24N4O5S. The zero-order chi connectivity index (χ0) is 23.7. The monoisotopic (exact) mass is 480 g/mol. The number of hydrogen-bond donors (Lipinski definition) is 1. The molecular weight excluding hydrogens is 456 g/mol. The first-order valence-corrected chi connectivity index (χ1v) is 12.0. The number of rotatable bonds is 8. The summed E-state index contributed by atoms with van der Waals surface area (Å²) >= 11 is 1.31. The molecule has 0 saturated heterocycles. The summed E-state index contributed by atoms with van der Waals surface area (Å²) in [6.45, 7) is 7.01. The van der Waals surface area contributed by atoms with Gasteiger partial charge in [-0.2, -0.15) is 0 Å². The van der Waals surface area contributed by atoms with E-state index < -0.39 is 0 Å². The molecule has 4 aromatic rings. The first-order valence-electron chi connectivity index (χ1n) is 11.0. The van der Waals surface area contributed by atoms with E-state index in [9.17, 15) is 4.79 Å². The molecule has 34 heavy (non-hydrogen) atoms. The van der Waals surface area contributed by atoms with E-state index in [4.69, 9.17) is 18.9 Å². The predicted molar refractivity (Wildman–Crippen MR) is 129 cm³/mol. The van der Waals surface area contributed by atoms with Crippen molar-refractivity contribution in [3.05, 3.63) is 42.0 Å². The second kappa shape index (κ2) is 9.30. The van der Waals surface area contributed by atoms with Gasteiger partial charge in [-0.15, -0.1) is 10.2 Å². The summed E-state index contributed by atoms with van der Waals surface area (Å²) in [5.74, 6) is 2.61. The van der Waals surface area contributed by atoms with Gasteiger partial charge in [-0.3, -0.25) is 9.20 Å². The molecule has 1 N–H and O–H groups in total. The number of anilines is 1. The Balaban J connectivity index is 1.40. The molecule has 2 aromatic heterocycles. The quantitative estimate of drug-likeness (QED) is 0.370. The number of amides is 1. The molecule has 0 radical (unpaired) electrons. The van der Waals surface area contributed by atoms with Crippen LogP contribution in [0.4, 0.5) is 5.69 Å². The summed E-state index contributed by atoms with van der Waals surface area (Å²) < 4.78 is 24.2. The molecule has 0 fully saturated rings. The molecule has 0 bridgehead atoms. The van der Waals surface area contributed by atoms with Gasteiger partial charge in [0.1, 0.15) is 11.5 Å². The van der Waals surface area contributed by atoms with Crippen molar-refractivity contribution >= 4 is 39.9 Å². The Kier molecular flexibility index (Phi) is 6.06. The van der Waals surface area contributed by atoms with Crippen LogP contribution in [-0.2, 0) is 4.79 Å². The molecule has 3 heterocycles. The van der Waals surface area contributed by atoms with Crippen LogP contribution in [0.2, 0.25) is 0 Å². The molecule has 0 unspecified atom stereocenters. The van der Waals surface area contributed by atoms with Crippen molar-refractivity contribution in [2.75, 3.05) is 31.1 Å². The van der Waals surface area contributed by atoms with Gasteiger partial charge in [0.2, 0.25) is 12.7 Å². The van der Waals surface area contributed by atoms with Gasteiger partial charge in [-0.05, 0) is 50.6 Å². The van der Waals surface area contributed by atoms with Gasteiger partial charge in [0.15, 0.2) is 22.3 Å². The number of nitrogens with one attached hydrogen (secondary N) is 1. The van der Waals surface area contributed by atoms with Crippen LogP contribution < -0.4 is 24.3 Å². The highest BCUT2D eigenvalue weighted by Gasteiger charge is 2.19. The zero-order valence-corrected chi connectivity index (χ0v) is 19.9. The van der Waals surface area contributed by atoms with E-state index in [1.54, 1.807) is 12.1 Å². The fourth-order valence-electron chi connectivity index (χ4n) is 3.85. The fourth-order valence-corrected chi connectivity index (χ4v) is 4.60. The molecule has 2 aromatic carbocycles. The fraction of sp³-hybridized carbons (Fsp3) is 0.292. The third-order valence-corrected chi connectivity index (χ3v) is 6.22. The van der Waals surface area contributed by atoms with Crippen molar-refractivity contribution in [3.8, 4) is 23.0 Å². The summed E-state index contributed by atoms with van der Waals surface area (Å²) in [6.07, 6.45) is 0. The van der Waals surface area contributed by atoms with E-state index >= 15 is 0 Å². The summed E-state index contributed by atoms with van der Waals surface area (Å²) in [7, 11) is 0. The lowest BCUT2D eigenvalue weighted by Crippen LogP contribution is -2.15. The van der Waals surface area contributed by atoms with Crippen molar-refractivity contribution < 1.29 is 23.7 Å². The third-order valence-electron chi connectivity index (χ3n) is 5.29. The van der Waals surface area contributed by atoms with Crippen LogP contribution in [0.5, 0.6) is 23.0 Å². The topological polar surface area (TPSA) is 96.2 Å². The molecule has 0 saturated carbocycles. The van der Waals surface area contributed by atoms with Crippen LogP contribution in [-0.4, -0.2) is 46.3 Å². The highest BCUT2D eigenvalue weighted by molar-refractivity contribution is 7.99. The number of aryl methyl sites for hydroxylation is 1. The zero-order valence-electron chi connectivity index (χ0n) is 19.1. The van der Waals surface area contributed by atoms with Crippen LogP contribution >= 0.6 is 11.8 Å². The SMILES string of the molecule is CCOc1ccc(OCC)c(NC(=O)CSc2nnc3c(C)cc4cc5c(cc4n23)OCO5)c1. The van der Waals surface area contributed by atoms with E-state index in [2.05, 4.69) is 15.5 Å². The lowest BCUT2D eigenvalue weighted by Gasteiger charge is -2.13. The highest BCUT2D eigenvalue weighted by atomic mass is 32.2. The van der Waals surface area contributed by atoms with Crippen molar-refractivity contribution in [2.45, 2.75) is 25.9 Å². The number of carbonyl (C=O) groups is 1. The number of hydrogen-bond acceptors (Lipinski definition) is 8. The first-order chi connectivity index (χ1) is 16.6. The number of thioether (sulfide) groups is 1. The summed E-state index contributed by atoms with van der Waals surface area (Å²) in [6, 6.07) is 11.3. The minimum Gasteiger partial charge on any atom is -0.494 e. The Morgan fingerprint density at radius 2 is 1.88 bits per heavy atom. The Hall–Kier alpha value is -3.66. The largest absolute Gasteiger partial charge is 0.494 e. The molecule has 0 atom stereocenters. The van der Waals surface area contributed by atoms with Crippen molar-refractivity contribution in [1.29, 1.82) is 0 Å². The Morgan fingerprint density at radius 3 is 2.68 bits per heavy atom. The average Bonchev–Trinajstić information content (AvgIpc) is 3.45. The van der Waals surface area contributed by atoms with Crippen LogP contribution in [0.1, 0.15) is 19.4 Å². The Labute approximate surface area is 200 Å². The number of benzene rings is 2. The maximum Gasteiger partial charge on any atom is 0.234 e. The van der Waals surface area contributed by atoms with Crippen molar-refractivity contribution in [1.82, 2.24) is 14.6 Å². The first kappa shape index (κ1) is 22.1. The molecule has 1 aliphatic heterocycles. The van der Waals surface area contributed by atoms with Crippen LogP contribution in [0.15, 0.2) is 41.6 Å². The summed E-state index contributed by atoms with van der Waals surface area (Å²) in [5.41, 5.74) is 3.17. The molecule has 1 amide bonds. The lowest BCUT2D eigenvalue weighted by atomic mass is 10.1. The summed E-state index contributed by atoms with van der Waals surface area (Å²) in [4.78, 5) is 12.8. The summed E-state index contributed by atoms with van der Waals surface area (Å²) in [5, 5.41) is 13.2. The van der Waals surface area contributed by atoms with Gasteiger partial charge >= 0.3 is 0 Å². The standard InChI is InChI=1S/C24H24N4O5S/c1-4-30-16-6-7-19(31-5-2)17(10-16)25-22(29)12-34-24-27-26-23-14(3)8-15-9-20-21(33-13-32-20)11-18(15)28(23)24/h6-11H,4-5,12-13H2,1-3H3,(H,25,29). The number of ether oxygens (including phenoxy) is 4. The number of aromatic nitrogens is 3. The molecule has 176 valence electrons. The lowest BCUT2D eigenvalue weighted by molar-refractivity contribution is -0.113. The number of carbonyl (C=O) groups excluding carboxylic acids is 1. The van der Waals surface area contributed by atoms with Gasteiger partial charge in [0, 0.05) is 17.5 Å². The van der Waals surface area contributed by atoms with E-state index in [1.165, 1.54) is 11.8 Å². The van der Waals surface area contributed by atoms with E-state index in [0.717, 1.165) is 22.1 Å². The van der Waals surface area contributed by atoms with Gasteiger partial charge in [-0.25, -0.2) is 0 Å². The highest BCUT2D eigenvalue weighted by Crippen LogP contribution is 2.38. The average molecular weight is 481 g/mol. The Morgan fingerprint density at radius 1 is 1.09 bits per heavy atom. The number of fused-ring (bicyclic) bond motifs is 4. The third kappa shape index (κ3) is 4.16. The predicted octanol–water partition coefficient (Wildman–Crippen LogP) is 4.45. The van der Waals surface area contributed by atoms with E-state index in [0.29, 0.717) is 47.1 Å². The van der Waals surface area contributed by atoms with Gasteiger partial charge in [0.25, 0.3) is 0 Å². The minimum atomic E-state index is -0.189. The molecule has 1 aliphatic rings. The maximum atomic E-state index is 12.8. The normalized spacial score (nSPS) is 12.3. The van der Waals surface area contributed by atoms with Crippen LogP contribution in [0, 0.1) is 6.92 Å². The number of pyridine rings is 1. The minimum absolute atomic E-state index is 0.144. The smallest absolute Gasteiger partial charge is 0.234 e.